The van der Waals surface area contributed by atoms with Gasteiger partial charge in [-0.25, -0.2) is 0 Å². The zero-order chi connectivity index (χ0) is 20.6. The molecular weight excluding hydrogens is 408 g/mol. The molecule has 1 heterocycles. The molecule has 0 saturated heterocycles. The second kappa shape index (κ2) is 9.94. The van der Waals surface area contributed by atoms with Gasteiger partial charge < -0.3 is 25.2 Å². The molecule has 0 aliphatic rings. The van der Waals surface area contributed by atoms with Gasteiger partial charge in [0.25, 0.3) is 0 Å². The highest BCUT2D eigenvalue weighted by Crippen LogP contribution is 2.25. The lowest BCUT2D eigenvalue weighted by atomic mass is 10.3. The van der Waals surface area contributed by atoms with Crippen molar-refractivity contribution in [1.29, 1.82) is 0 Å². The first-order valence-corrected chi connectivity index (χ1v) is 10.1. The van der Waals surface area contributed by atoms with E-state index < -0.39 is 0 Å². The van der Waals surface area contributed by atoms with E-state index in [1.807, 2.05) is 48.5 Å². The summed E-state index contributed by atoms with van der Waals surface area (Å²) < 4.78 is 10.2. The number of amides is 1. The number of rotatable bonds is 7. The van der Waals surface area contributed by atoms with Gasteiger partial charge in [0.05, 0.1) is 18.6 Å². The number of methoxy groups -OCH3 is 1. The van der Waals surface area contributed by atoms with Crippen molar-refractivity contribution >= 4 is 52.2 Å². The number of aryl methyl sites for hydroxylation is 1. The molecule has 0 radical (unpaired) electrons. The maximum Gasteiger partial charge on any atom is 0.235 e. The third-order valence-electron chi connectivity index (χ3n) is 3.71. The molecule has 3 rings (SSSR count). The van der Waals surface area contributed by atoms with Crippen molar-refractivity contribution in [3.63, 3.8) is 0 Å². The number of nitrogens with zero attached hydrogens (tertiary/aromatic N) is 1. The van der Waals surface area contributed by atoms with Crippen LogP contribution in [-0.2, 0) is 4.79 Å². The Morgan fingerprint density at radius 1 is 1.14 bits per heavy atom. The van der Waals surface area contributed by atoms with Crippen molar-refractivity contribution in [2.24, 2.45) is 0 Å². The van der Waals surface area contributed by atoms with Crippen molar-refractivity contribution in [1.82, 2.24) is 5.16 Å². The molecule has 0 spiro atoms. The van der Waals surface area contributed by atoms with Crippen LogP contribution in [0.4, 0.5) is 17.2 Å². The van der Waals surface area contributed by atoms with E-state index in [1.54, 1.807) is 20.1 Å². The predicted octanol–water partition coefficient (Wildman–Crippen LogP) is 4.53. The van der Waals surface area contributed by atoms with Crippen molar-refractivity contribution in [2.75, 3.05) is 28.8 Å². The number of hydrogen-bond acceptors (Lipinski definition) is 6. The Bertz CT molecular complexity index is 1010. The molecule has 0 unspecified atom stereocenters. The lowest BCUT2D eigenvalue weighted by Crippen LogP contribution is -2.19. The fourth-order valence-corrected chi connectivity index (χ4v) is 3.43. The largest absolute Gasteiger partial charge is 0.495 e. The fourth-order valence-electron chi connectivity index (χ4n) is 2.45. The Morgan fingerprint density at radius 2 is 1.97 bits per heavy atom. The van der Waals surface area contributed by atoms with Gasteiger partial charge in [0, 0.05) is 16.6 Å². The van der Waals surface area contributed by atoms with E-state index in [0.29, 0.717) is 22.4 Å². The highest BCUT2D eigenvalue weighted by atomic mass is 32.2. The molecule has 150 valence electrons. The van der Waals surface area contributed by atoms with Crippen molar-refractivity contribution in [3.05, 3.63) is 60.4 Å². The van der Waals surface area contributed by atoms with E-state index in [9.17, 15) is 4.79 Å². The lowest BCUT2D eigenvalue weighted by Gasteiger charge is -2.13. The molecule has 29 heavy (non-hydrogen) atoms. The molecule has 2 aromatic carbocycles. The Balaban J connectivity index is 1.53. The molecule has 0 atom stereocenters. The Kier molecular flexibility index (Phi) is 7.09. The van der Waals surface area contributed by atoms with E-state index in [1.165, 1.54) is 11.8 Å². The standard InChI is InChI=1S/C20H20N4O3S2/c1-13-10-18(24-27-13)23-19(25)12-29-15-7-5-6-14(11-15)21-20(28)22-16-8-3-4-9-17(16)26-2/h3-11H,12H2,1-2H3,(H2,21,22,28)(H,23,24,25). The summed E-state index contributed by atoms with van der Waals surface area (Å²) in [4.78, 5) is 13.0. The topological polar surface area (TPSA) is 88.4 Å². The summed E-state index contributed by atoms with van der Waals surface area (Å²) in [6.07, 6.45) is 0. The molecule has 9 heteroatoms. The Labute approximate surface area is 178 Å². The number of carbonyl (C=O) groups is 1. The number of aromatic nitrogens is 1. The average Bonchev–Trinajstić information content (AvgIpc) is 3.11. The molecule has 0 bridgehead atoms. The van der Waals surface area contributed by atoms with Crippen molar-refractivity contribution in [2.45, 2.75) is 11.8 Å². The molecule has 0 fully saturated rings. The van der Waals surface area contributed by atoms with Gasteiger partial charge in [-0.15, -0.1) is 11.8 Å². The van der Waals surface area contributed by atoms with Crippen LogP contribution in [0, 0.1) is 6.92 Å². The van der Waals surface area contributed by atoms with Crippen LogP contribution >= 0.6 is 24.0 Å². The van der Waals surface area contributed by atoms with Crippen molar-refractivity contribution < 1.29 is 14.1 Å². The first-order chi connectivity index (χ1) is 14.0. The van der Waals surface area contributed by atoms with Gasteiger partial charge in [-0.05, 0) is 49.5 Å². The molecule has 3 N–H and O–H groups in total. The number of anilines is 3. The Hall–Kier alpha value is -3.04. The van der Waals surface area contributed by atoms with Crippen LogP contribution in [-0.4, -0.2) is 29.0 Å². The molecule has 0 saturated carbocycles. The highest BCUT2D eigenvalue weighted by Gasteiger charge is 2.08. The van der Waals surface area contributed by atoms with Crippen LogP contribution < -0.4 is 20.7 Å². The van der Waals surface area contributed by atoms with Gasteiger partial charge >= 0.3 is 0 Å². The lowest BCUT2D eigenvalue weighted by molar-refractivity contribution is -0.113. The predicted molar refractivity (Wildman–Crippen MR) is 120 cm³/mol. The number of ether oxygens (including phenoxy) is 1. The van der Waals surface area contributed by atoms with Crippen LogP contribution in [0.5, 0.6) is 5.75 Å². The molecule has 0 aliphatic carbocycles. The number of benzene rings is 2. The first kappa shape index (κ1) is 20.7. The summed E-state index contributed by atoms with van der Waals surface area (Å²) in [6.45, 7) is 1.77. The minimum absolute atomic E-state index is 0.157. The maximum absolute atomic E-state index is 12.0. The third-order valence-corrected chi connectivity index (χ3v) is 4.91. The molecule has 3 aromatic rings. The van der Waals surface area contributed by atoms with Crippen LogP contribution in [0.15, 0.2) is 64.0 Å². The quantitative estimate of drug-likeness (QED) is 0.374. The SMILES string of the molecule is COc1ccccc1NC(=S)Nc1cccc(SCC(=O)Nc2cc(C)on2)c1. The van der Waals surface area contributed by atoms with Gasteiger partial charge in [0.1, 0.15) is 11.5 Å². The van der Waals surface area contributed by atoms with E-state index in [0.717, 1.165) is 16.3 Å². The maximum atomic E-state index is 12.0. The van der Waals surface area contributed by atoms with Gasteiger partial charge in [-0.2, -0.15) is 0 Å². The van der Waals surface area contributed by atoms with Crippen LogP contribution in [0.25, 0.3) is 0 Å². The molecule has 1 aromatic heterocycles. The van der Waals surface area contributed by atoms with Gasteiger partial charge in [-0.3, -0.25) is 4.79 Å². The summed E-state index contributed by atoms with van der Waals surface area (Å²) in [7, 11) is 1.61. The second-order valence-corrected chi connectivity index (χ2v) is 7.42. The van der Waals surface area contributed by atoms with E-state index in [-0.39, 0.29) is 11.7 Å². The molecular formula is C20H20N4O3S2. The van der Waals surface area contributed by atoms with Gasteiger partial charge in [-0.1, -0.05) is 23.4 Å². The van der Waals surface area contributed by atoms with E-state index in [2.05, 4.69) is 21.1 Å². The summed E-state index contributed by atoms with van der Waals surface area (Å²) in [5, 5.41) is 13.1. The number of carbonyl (C=O) groups excluding carboxylic acids is 1. The summed E-state index contributed by atoms with van der Waals surface area (Å²) in [5.74, 6) is 1.85. The molecule has 7 nitrogen and oxygen atoms in total. The number of para-hydroxylation sites is 2. The van der Waals surface area contributed by atoms with Crippen molar-refractivity contribution in [3.8, 4) is 5.75 Å². The second-order valence-electron chi connectivity index (χ2n) is 5.97. The number of thioether (sulfide) groups is 1. The zero-order valence-corrected chi connectivity index (χ0v) is 17.5. The van der Waals surface area contributed by atoms with Crippen LogP contribution in [0.1, 0.15) is 5.76 Å². The number of hydrogen-bond donors (Lipinski definition) is 3. The van der Waals surface area contributed by atoms with E-state index >= 15 is 0 Å². The minimum Gasteiger partial charge on any atom is -0.495 e. The number of nitrogens with one attached hydrogen (secondary N) is 3. The number of thiocarbonyl (C=S) groups is 1. The Morgan fingerprint density at radius 3 is 2.72 bits per heavy atom. The fraction of sp³-hybridized carbons (Fsp3) is 0.150. The summed E-state index contributed by atoms with van der Waals surface area (Å²) in [5.41, 5.74) is 1.59. The average molecular weight is 429 g/mol. The molecule has 0 aliphatic heterocycles. The van der Waals surface area contributed by atoms with Gasteiger partial charge in [0.2, 0.25) is 5.91 Å². The summed E-state index contributed by atoms with van der Waals surface area (Å²) >= 11 is 6.80. The highest BCUT2D eigenvalue weighted by molar-refractivity contribution is 8.00. The minimum atomic E-state index is -0.157. The molecule has 1 amide bonds. The monoisotopic (exact) mass is 428 g/mol. The normalized spacial score (nSPS) is 10.3. The van der Waals surface area contributed by atoms with Crippen LogP contribution in [0.2, 0.25) is 0 Å². The summed E-state index contributed by atoms with van der Waals surface area (Å²) in [6, 6.07) is 16.9. The first-order valence-electron chi connectivity index (χ1n) is 8.70. The van der Waals surface area contributed by atoms with E-state index in [4.69, 9.17) is 21.5 Å². The smallest absolute Gasteiger partial charge is 0.235 e. The van der Waals surface area contributed by atoms with Gasteiger partial charge in [0.15, 0.2) is 10.9 Å². The van der Waals surface area contributed by atoms with Crippen LogP contribution in [0.3, 0.4) is 0 Å². The zero-order valence-electron chi connectivity index (χ0n) is 15.9. The third kappa shape index (κ3) is 6.23.